The summed E-state index contributed by atoms with van der Waals surface area (Å²) >= 11 is 0. The van der Waals surface area contributed by atoms with E-state index in [-0.39, 0.29) is 5.41 Å². The summed E-state index contributed by atoms with van der Waals surface area (Å²) in [6, 6.07) is 7.88. The van der Waals surface area contributed by atoms with E-state index in [4.69, 9.17) is 9.57 Å². The predicted molar refractivity (Wildman–Crippen MR) is 70.6 cm³/mol. The maximum absolute atomic E-state index is 5.74. The molecule has 0 saturated heterocycles. The van der Waals surface area contributed by atoms with E-state index in [1.54, 1.807) is 7.11 Å². The molecule has 0 atom stereocenters. The third-order valence-corrected chi connectivity index (χ3v) is 2.15. The zero-order chi connectivity index (χ0) is 12.9. The lowest BCUT2D eigenvalue weighted by Gasteiger charge is -2.19. The van der Waals surface area contributed by atoms with Crippen LogP contribution in [0.2, 0.25) is 0 Å². The van der Waals surface area contributed by atoms with E-state index in [1.807, 2.05) is 31.2 Å². The van der Waals surface area contributed by atoms with Crippen LogP contribution >= 0.6 is 0 Å². The molecule has 1 rings (SSSR count). The first-order valence-corrected chi connectivity index (χ1v) is 5.73. The lowest BCUT2D eigenvalue weighted by atomic mass is 9.99. The highest BCUT2D eigenvalue weighted by molar-refractivity contribution is 5.98. The van der Waals surface area contributed by atoms with Crippen molar-refractivity contribution in [2.45, 2.75) is 27.7 Å². The van der Waals surface area contributed by atoms with Gasteiger partial charge in [0.25, 0.3) is 0 Å². The van der Waals surface area contributed by atoms with Crippen LogP contribution in [0, 0.1) is 5.41 Å². The SMILES string of the molecule is CO/N=C(\C)c1cccc(OCC(C)(C)C)c1. The van der Waals surface area contributed by atoms with Gasteiger partial charge < -0.3 is 9.57 Å². The van der Waals surface area contributed by atoms with Crippen LogP contribution in [0.25, 0.3) is 0 Å². The van der Waals surface area contributed by atoms with Crippen LogP contribution < -0.4 is 4.74 Å². The number of oxime groups is 1. The van der Waals surface area contributed by atoms with Crippen molar-refractivity contribution in [1.29, 1.82) is 0 Å². The Bertz CT molecular complexity index is 391. The number of hydrogen-bond donors (Lipinski definition) is 0. The fourth-order valence-corrected chi connectivity index (χ4v) is 1.30. The molecule has 17 heavy (non-hydrogen) atoms. The van der Waals surface area contributed by atoms with Gasteiger partial charge >= 0.3 is 0 Å². The number of rotatable bonds is 4. The third-order valence-electron chi connectivity index (χ3n) is 2.15. The van der Waals surface area contributed by atoms with E-state index >= 15 is 0 Å². The number of benzene rings is 1. The maximum atomic E-state index is 5.74. The standard InChI is InChI=1S/C14H21NO2/c1-11(15-16-5)12-7-6-8-13(9-12)17-10-14(2,3)4/h6-9H,10H2,1-5H3/b15-11+. The molecule has 1 aromatic rings. The molecule has 3 nitrogen and oxygen atoms in total. The van der Waals surface area contributed by atoms with Crippen LogP contribution in [0.5, 0.6) is 5.75 Å². The quantitative estimate of drug-likeness (QED) is 0.591. The summed E-state index contributed by atoms with van der Waals surface area (Å²) in [5.41, 5.74) is 2.01. The molecule has 1 aromatic carbocycles. The van der Waals surface area contributed by atoms with Gasteiger partial charge in [-0.3, -0.25) is 0 Å². The summed E-state index contributed by atoms with van der Waals surface area (Å²) < 4.78 is 5.74. The van der Waals surface area contributed by atoms with E-state index in [2.05, 4.69) is 25.9 Å². The van der Waals surface area contributed by atoms with Crippen LogP contribution in [0.4, 0.5) is 0 Å². The molecule has 0 amide bonds. The van der Waals surface area contributed by atoms with E-state index in [1.165, 1.54) is 0 Å². The molecular formula is C14H21NO2. The lowest BCUT2D eigenvalue weighted by Crippen LogP contribution is -2.16. The van der Waals surface area contributed by atoms with Gasteiger partial charge in [0.05, 0.1) is 12.3 Å². The molecular weight excluding hydrogens is 214 g/mol. The number of nitrogens with zero attached hydrogens (tertiary/aromatic N) is 1. The largest absolute Gasteiger partial charge is 0.493 e. The first-order chi connectivity index (χ1) is 7.92. The molecule has 3 heteroatoms. The summed E-state index contributed by atoms with van der Waals surface area (Å²) in [7, 11) is 1.55. The molecule has 0 unspecified atom stereocenters. The van der Waals surface area contributed by atoms with E-state index < -0.39 is 0 Å². The summed E-state index contributed by atoms with van der Waals surface area (Å²) in [5, 5.41) is 3.91. The predicted octanol–water partition coefficient (Wildman–Crippen LogP) is 3.48. The molecule has 0 bridgehead atoms. The van der Waals surface area contributed by atoms with Crippen molar-refractivity contribution in [3.63, 3.8) is 0 Å². The van der Waals surface area contributed by atoms with Gasteiger partial charge in [-0.25, -0.2) is 0 Å². The Balaban J connectivity index is 2.76. The van der Waals surface area contributed by atoms with Gasteiger partial charge in [-0.1, -0.05) is 38.1 Å². The molecule has 0 aliphatic heterocycles. The van der Waals surface area contributed by atoms with Crippen molar-refractivity contribution >= 4 is 5.71 Å². The van der Waals surface area contributed by atoms with Gasteiger partial charge in [-0.05, 0) is 24.5 Å². The minimum atomic E-state index is 0.158. The highest BCUT2D eigenvalue weighted by Gasteiger charge is 2.11. The van der Waals surface area contributed by atoms with Crippen LogP contribution in [0.15, 0.2) is 29.4 Å². The van der Waals surface area contributed by atoms with Crippen LogP contribution in [-0.2, 0) is 4.84 Å². The minimum absolute atomic E-state index is 0.158. The molecule has 94 valence electrons. The summed E-state index contributed by atoms with van der Waals surface area (Å²) in [4.78, 5) is 4.76. The normalized spacial score (nSPS) is 12.4. The molecule has 0 heterocycles. The lowest BCUT2D eigenvalue weighted by molar-refractivity contribution is 0.198. The monoisotopic (exact) mass is 235 g/mol. The Morgan fingerprint density at radius 3 is 2.59 bits per heavy atom. The first kappa shape index (κ1) is 13.6. The Kier molecular flexibility index (Phi) is 4.55. The van der Waals surface area contributed by atoms with Crippen molar-refractivity contribution in [3.8, 4) is 5.75 Å². The molecule has 0 aliphatic rings. The van der Waals surface area contributed by atoms with Crippen molar-refractivity contribution in [1.82, 2.24) is 0 Å². The zero-order valence-electron chi connectivity index (χ0n) is 11.3. The highest BCUT2D eigenvalue weighted by Crippen LogP contribution is 2.19. The van der Waals surface area contributed by atoms with Crippen molar-refractivity contribution in [3.05, 3.63) is 29.8 Å². The minimum Gasteiger partial charge on any atom is -0.493 e. The molecule has 0 fully saturated rings. The van der Waals surface area contributed by atoms with Crippen molar-refractivity contribution < 1.29 is 9.57 Å². The first-order valence-electron chi connectivity index (χ1n) is 5.73. The Morgan fingerprint density at radius 1 is 1.29 bits per heavy atom. The fraction of sp³-hybridized carbons (Fsp3) is 0.500. The average molecular weight is 235 g/mol. The summed E-state index contributed by atoms with van der Waals surface area (Å²) in [6.07, 6.45) is 0. The zero-order valence-corrected chi connectivity index (χ0v) is 11.3. The van der Waals surface area contributed by atoms with E-state index in [0.717, 1.165) is 17.0 Å². The van der Waals surface area contributed by atoms with Crippen LogP contribution in [0.3, 0.4) is 0 Å². The van der Waals surface area contributed by atoms with Crippen LogP contribution in [-0.4, -0.2) is 19.4 Å². The Morgan fingerprint density at radius 2 is 2.00 bits per heavy atom. The highest BCUT2D eigenvalue weighted by atomic mass is 16.6. The van der Waals surface area contributed by atoms with E-state index in [0.29, 0.717) is 6.61 Å². The van der Waals surface area contributed by atoms with Crippen LogP contribution in [0.1, 0.15) is 33.3 Å². The molecule has 0 aliphatic carbocycles. The van der Waals surface area contributed by atoms with Gasteiger partial charge in [0, 0.05) is 5.56 Å². The smallest absolute Gasteiger partial charge is 0.119 e. The van der Waals surface area contributed by atoms with Gasteiger partial charge in [-0.2, -0.15) is 0 Å². The summed E-state index contributed by atoms with van der Waals surface area (Å²) in [6.45, 7) is 9.04. The average Bonchev–Trinajstić information content (AvgIpc) is 2.26. The van der Waals surface area contributed by atoms with E-state index in [9.17, 15) is 0 Å². The second-order valence-electron chi connectivity index (χ2n) is 5.24. The van der Waals surface area contributed by atoms with Gasteiger partial charge in [0.2, 0.25) is 0 Å². The number of hydrogen-bond acceptors (Lipinski definition) is 3. The van der Waals surface area contributed by atoms with Crippen molar-refractivity contribution in [2.75, 3.05) is 13.7 Å². The molecule has 0 spiro atoms. The van der Waals surface area contributed by atoms with Crippen molar-refractivity contribution in [2.24, 2.45) is 10.6 Å². The number of ether oxygens (including phenoxy) is 1. The fourth-order valence-electron chi connectivity index (χ4n) is 1.30. The third kappa shape index (κ3) is 4.89. The topological polar surface area (TPSA) is 30.8 Å². The molecule has 0 aromatic heterocycles. The Hall–Kier alpha value is -1.51. The Labute approximate surface area is 103 Å². The second-order valence-corrected chi connectivity index (χ2v) is 5.24. The molecule has 0 N–H and O–H groups in total. The summed E-state index contributed by atoms with van der Waals surface area (Å²) in [5.74, 6) is 0.864. The van der Waals surface area contributed by atoms with Gasteiger partial charge in [0.1, 0.15) is 12.9 Å². The van der Waals surface area contributed by atoms with Gasteiger partial charge in [-0.15, -0.1) is 0 Å². The molecule has 0 radical (unpaired) electrons. The maximum Gasteiger partial charge on any atom is 0.119 e. The van der Waals surface area contributed by atoms with Gasteiger partial charge in [0.15, 0.2) is 0 Å². The second kappa shape index (κ2) is 5.71. The molecule has 0 saturated carbocycles.